The highest BCUT2D eigenvalue weighted by molar-refractivity contribution is 5.19. The van der Waals surface area contributed by atoms with E-state index in [1.165, 1.54) is 6.08 Å². The molecule has 0 radical (unpaired) electrons. The Kier molecular flexibility index (Phi) is 3.02. The molecular formula is C10H13NO. The Hall–Kier alpha value is -1.12. The molecule has 2 atom stereocenters. The van der Waals surface area contributed by atoms with Crippen molar-refractivity contribution >= 4 is 0 Å². The number of nitrogens with two attached hydrogens (primary N) is 1. The van der Waals surface area contributed by atoms with Crippen molar-refractivity contribution in [3.05, 3.63) is 48.6 Å². The molecule has 12 heavy (non-hydrogen) atoms. The van der Waals surface area contributed by atoms with E-state index in [0.29, 0.717) is 0 Å². The van der Waals surface area contributed by atoms with Crippen molar-refractivity contribution in [1.82, 2.24) is 0 Å². The first kappa shape index (κ1) is 8.97. The van der Waals surface area contributed by atoms with E-state index in [2.05, 4.69) is 6.58 Å². The molecule has 2 heteroatoms. The molecule has 0 amide bonds. The average molecular weight is 163 g/mol. The lowest BCUT2D eigenvalue weighted by molar-refractivity contribution is 0.163. The van der Waals surface area contributed by atoms with Gasteiger partial charge < -0.3 is 10.8 Å². The summed E-state index contributed by atoms with van der Waals surface area (Å²) in [4.78, 5) is 0. The van der Waals surface area contributed by atoms with Gasteiger partial charge in [-0.05, 0) is 5.56 Å². The summed E-state index contributed by atoms with van der Waals surface area (Å²) in [6.07, 6.45) is 0.890. The van der Waals surface area contributed by atoms with Crippen LogP contribution in [0.3, 0.4) is 0 Å². The Balaban J connectivity index is 2.78. The molecule has 0 heterocycles. The molecule has 0 aromatic heterocycles. The van der Waals surface area contributed by atoms with Crippen molar-refractivity contribution < 1.29 is 5.11 Å². The normalized spacial score (nSPS) is 15.2. The second kappa shape index (κ2) is 4.04. The fraction of sp³-hybridized carbons (Fsp3) is 0.200. The van der Waals surface area contributed by atoms with Crippen molar-refractivity contribution in [2.24, 2.45) is 5.73 Å². The molecule has 1 aromatic rings. The molecule has 1 rings (SSSR count). The molecule has 0 aliphatic carbocycles. The van der Waals surface area contributed by atoms with Crippen molar-refractivity contribution in [1.29, 1.82) is 0 Å². The topological polar surface area (TPSA) is 46.2 Å². The summed E-state index contributed by atoms with van der Waals surface area (Å²) < 4.78 is 0. The van der Waals surface area contributed by atoms with Gasteiger partial charge in [-0.25, -0.2) is 0 Å². The Labute approximate surface area is 72.3 Å². The van der Waals surface area contributed by atoms with Gasteiger partial charge in [0.25, 0.3) is 0 Å². The van der Waals surface area contributed by atoms with Crippen LogP contribution in [0.25, 0.3) is 0 Å². The van der Waals surface area contributed by atoms with Gasteiger partial charge in [0.05, 0.1) is 12.1 Å². The summed E-state index contributed by atoms with van der Waals surface area (Å²) in [5.41, 5.74) is 6.40. The van der Waals surface area contributed by atoms with Crippen LogP contribution in [0, 0.1) is 0 Å². The van der Waals surface area contributed by atoms with Crippen molar-refractivity contribution in [3.63, 3.8) is 0 Å². The number of hydrogen-bond acceptors (Lipinski definition) is 2. The van der Waals surface area contributed by atoms with Crippen molar-refractivity contribution in [2.75, 3.05) is 0 Å². The van der Waals surface area contributed by atoms with E-state index in [9.17, 15) is 5.11 Å². The van der Waals surface area contributed by atoms with Crippen LogP contribution in [-0.4, -0.2) is 11.1 Å². The lowest BCUT2D eigenvalue weighted by Crippen LogP contribution is -2.25. The minimum atomic E-state index is -0.649. The highest BCUT2D eigenvalue weighted by Crippen LogP contribution is 2.14. The highest BCUT2D eigenvalue weighted by atomic mass is 16.3. The zero-order valence-corrected chi connectivity index (χ0v) is 6.85. The van der Waals surface area contributed by atoms with Crippen LogP contribution in [0.4, 0.5) is 0 Å². The SMILES string of the molecule is C=C[C@H](N)[C@@H](O)c1ccccc1. The molecule has 64 valence electrons. The quantitative estimate of drug-likeness (QED) is 0.658. The molecule has 0 spiro atoms. The molecular weight excluding hydrogens is 150 g/mol. The van der Waals surface area contributed by atoms with Gasteiger partial charge in [-0.1, -0.05) is 36.4 Å². The Morgan fingerprint density at radius 1 is 1.33 bits per heavy atom. The molecule has 0 saturated heterocycles. The van der Waals surface area contributed by atoms with Crippen molar-refractivity contribution in [2.45, 2.75) is 12.1 Å². The van der Waals surface area contributed by atoms with Gasteiger partial charge in [0, 0.05) is 0 Å². The first-order chi connectivity index (χ1) is 5.75. The maximum atomic E-state index is 9.59. The number of aliphatic hydroxyl groups excluding tert-OH is 1. The van der Waals surface area contributed by atoms with Gasteiger partial charge in [0.1, 0.15) is 0 Å². The molecule has 3 N–H and O–H groups in total. The van der Waals surface area contributed by atoms with Crippen LogP contribution in [0.5, 0.6) is 0 Å². The predicted octanol–water partition coefficient (Wildman–Crippen LogP) is 1.23. The maximum absolute atomic E-state index is 9.59. The van der Waals surface area contributed by atoms with E-state index in [4.69, 9.17) is 5.73 Å². The first-order valence-electron chi connectivity index (χ1n) is 3.87. The number of benzene rings is 1. The van der Waals surface area contributed by atoms with Crippen LogP contribution >= 0.6 is 0 Å². The van der Waals surface area contributed by atoms with Gasteiger partial charge in [0.15, 0.2) is 0 Å². The largest absolute Gasteiger partial charge is 0.386 e. The van der Waals surface area contributed by atoms with Gasteiger partial charge in [-0.3, -0.25) is 0 Å². The van der Waals surface area contributed by atoms with E-state index in [-0.39, 0.29) is 0 Å². The zero-order chi connectivity index (χ0) is 8.97. The smallest absolute Gasteiger partial charge is 0.0976 e. The van der Waals surface area contributed by atoms with E-state index in [1.807, 2.05) is 30.3 Å². The van der Waals surface area contributed by atoms with E-state index in [0.717, 1.165) is 5.56 Å². The summed E-state index contributed by atoms with van der Waals surface area (Å²) in [7, 11) is 0. The summed E-state index contributed by atoms with van der Waals surface area (Å²) in [6.45, 7) is 3.52. The average Bonchev–Trinajstić information content (AvgIpc) is 2.17. The molecule has 0 saturated carbocycles. The Morgan fingerprint density at radius 2 is 1.92 bits per heavy atom. The molecule has 0 aliphatic rings. The van der Waals surface area contributed by atoms with Crippen LogP contribution in [0.2, 0.25) is 0 Å². The van der Waals surface area contributed by atoms with Crippen LogP contribution in [-0.2, 0) is 0 Å². The molecule has 2 nitrogen and oxygen atoms in total. The predicted molar refractivity (Wildman–Crippen MR) is 49.6 cm³/mol. The van der Waals surface area contributed by atoms with E-state index < -0.39 is 12.1 Å². The Morgan fingerprint density at radius 3 is 2.42 bits per heavy atom. The zero-order valence-electron chi connectivity index (χ0n) is 6.85. The fourth-order valence-corrected chi connectivity index (χ4v) is 1.00. The maximum Gasteiger partial charge on any atom is 0.0976 e. The third-order valence-corrected chi connectivity index (χ3v) is 1.78. The monoisotopic (exact) mass is 163 g/mol. The number of hydrogen-bond donors (Lipinski definition) is 2. The first-order valence-corrected chi connectivity index (χ1v) is 3.87. The Bertz CT molecular complexity index is 245. The lowest BCUT2D eigenvalue weighted by atomic mass is 10.0. The fourth-order valence-electron chi connectivity index (χ4n) is 1.00. The van der Waals surface area contributed by atoms with E-state index >= 15 is 0 Å². The second-order valence-electron chi connectivity index (χ2n) is 2.67. The summed E-state index contributed by atoms with van der Waals surface area (Å²) in [5.74, 6) is 0. The summed E-state index contributed by atoms with van der Waals surface area (Å²) in [6, 6.07) is 8.92. The minimum absolute atomic E-state index is 0.396. The molecule has 0 unspecified atom stereocenters. The standard InChI is InChI=1S/C10H13NO/c1-2-9(11)10(12)8-6-4-3-5-7-8/h2-7,9-10,12H,1,11H2/t9-,10-/m0/s1. The summed E-state index contributed by atoms with van der Waals surface area (Å²) >= 11 is 0. The van der Waals surface area contributed by atoms with Crippen LogP contribution < -0.4 is 5.73 Å². The van der Waals surface area contributed by atoms with Crippen LogP contribution in [0.1, 0.15) is 11.7 Å². The molecule has 1 aromatic carbocycles. The van der Waals surface area contributed by atoms with Crippen molar-refractivity contribution in [3.8, 4) is 0 Å². The third-order valence-electron chi connectivity index (χ3n) is 1.78. The third kappa shape index (κ3) is 1.94. The van der Waals surface area contributed by atoms with E-state index in [1.54, 1.807) is 0 Å². The van der Waals surface area contributed by atoms with Gasteiger partial charge in [-0.15, -0.1) is 6.58 Å². The summed E-state index contributed by atoms with van der Waals surface area (Å²) in [5, 5.41) is 9.59. The molecule has 0 fully saturated rings. The molecule has 0 aliphatic heterocycles. The van der Waals surface area contributed by atoms with Crippen LogP contribution in [0.15, 0.2) is 43.0 Å². The van der Waals surface area contributed by atoms with Gasteiger partial charge in [-0.2, -0.15) is 0 Å². The number of aliphatic hydroxyl groups is 1. The number of rotatable bonds is 3. The van der Waals surface area contributed by atoms with Gasteiger partial charge in [0.2, 0.25) is 0 Å². The van der Waals surface area contributed by atoms with Gasteiger partial charge >= 0.3 is 0 Å². The highest BCUT2D eigenvalue weighted by Gasteiger charge is 2.12. The minimum Gasteiger partial charge on any atom is -0.386 e. The molecule has 0 bridgehead atoms. The lowest BCUT2D eigenvalue weighted by Gasteiger charge is -2.14. The second-order valence-corrected chi connectivity index (χ2v) is 2.67.